The molecule has 1 unspecified atom stereocenters. The summed E-state index contributed by atoms with van der Waals surface area (Å²) < 4.78 is 42.7. The second-order valence-electron chi connectivity index (χ2n) is 11.1. The van der Waals surface area contributed by atoms with Gasteiger partial charge in [-0.1, -0.05) is 24.3 Å². The zero-order valence-electron chi connectivity index (χ0n) is 22.9. The van der Waals surface area contributed by atoms with Gasteiger partial charge in [0, 0.05) is 30.7 Å². The summed E-state index contributed by atoms with van der Waals surface area (Å²) >= 11 is 0. The molecule has 2 saturated carbocycles. The van der Waals surface area contributed by atoms with Crippen molar-refractivity contribution >= 4 is 11.5 Å². The first-order valence-electron chi connectivity index (χ1n) is 14.1. The highest BCUT2D eigenvalue weighted by atomic mass is 19.4. The highest BCUT2D eigenvalue weighted by Gasteiger charge is 2.37. The predicted molar refractivity (Wildman–Crippen MR) is 153 cm³/mol. The average Bonchev–Trinajstić information content (AvgIpc) is 3.94. The molecule has 6 rings (SSSR count). The topological polar surface area (TPSA) is 93.6 Å². The van der Waals surface area contributed by atoms with Crippen molar-refractivity contribution in [3.63, 3.8) is 0 Å². The number of pyridine rings is 1. The van der Waals surface area contributed by atoms with Crippen molar-refractivity contribution in [3.05, 3.63) is 107 Å². The predicted octanol–water partition coefficient (Wildman–Crippen LogP) is 6.49. The van der Waals surface area contributed by atoms with Gasteiger partial charge in [-0.3, -0.25) is 10.4 Å². The molecule has 2 aliphatic carbocycles. The largest absolute Gasteiger partial charge is 0.435 e. The van der Waals surface area contributed by atoms with Gasteiger partial charge in [-0.25, -0.2) is 4.68 Å². The summed E-state index contributed by atoms with van der Waals surface area (Å²) in [5.74, 6) is 0.916. The van der Waals surface area contributed by atoms with Crippen molar-refractivity contribution in [2.75, 3.05) is 18.0 Å². The van der Waals surface area contributed by atoms with Crippen molar-refractivity contribution in [2.24, 2.45) is 11.8 Å². The number of nitriles is 1. The number of nitrogens with zero attached hydrogens (tertiary/aromatic N) is 5. The first kappa shape index (κ1) is 27.7. The van der Waals surface area contributed by atoms with Gasteiger partial charge in [0.2, 0.25) is 0 Å². The number of anilines is 1. The third-order valence-electron chi connectivity index (χ3n) is 7.71. The highest BCUT2D eigenvalue weighted by Crippen LogP contribution is 2.36. The van der Waals surface area contributed by atoms with Gasteiger partial charge < -0.3 is 10.2 Å². The zero-order valence-corrected chi connectivity index (χ0v) is 22.9. The number of benzene rings is 2. The van der Waals surface area contributed by atoms with Crippen molar-refractivity contribution in [1.82, 2.24) is 20.1 Å². The first-order chi connectivity index (χ1) is 20.3. The lowest BCUT2D eigenvalue weighted by atomic mass is 9.99. The second-order valence-corrected chi connectivity index (χ2v) is 11.1. The van der Waals surface area contributed by atoms with Crippen LogP contribution in [0.25, 0.3) is 5.69 Å². The number of aromatic nitrogens is 3. The summed E-state index contributed by atoms with van der Waals surface area (Å²) in [7, 11) is 0. The van der Waals surface area contributed by atoms with Crippen LogP contribution in [0.2, 0.25) is 0 Å². The molecule has 2 fully saturated rings. The van der Waals surface area contributed by atoms with E-state index in [1.807, 2.05) is 48.7 Å². The Labute approximate surface area is 242 Å². The van der Waals surface area contributed by atoms with Gasteiger partial charge in [0.15, 0.2) is 11.5 Å². The van der Waals surface area contributed by atoms with E-state index in [4.69, 9.17) is 0 Å². The summed E-state index contributed by atoms with van der Waals surface area (Å²) in [5, 5.41) is 26.1. The minimum absolute atomic E-state index is 0.000800. The normalized spacial score (nSPS) is 15.7. The molecular weight excluding hydrogens is 539 g/mol. The third-order valence-corrected chi connectivity index (χ3v) is 7.71. The van der Waals surface area contributed by atoms with Crippen LogP contribution in [-0.4, -0.2) is 33.7 Å². The Balaban J connectivity index is 1.40. The quantitative estimate of drug-likeness (QED) is 0.168. The number of rotatable bonds is 10. The van der Waals surface area contributed by atoms with Crippen LogP contribution < -0.4 is 10.2 Å². The van der Waals surface area contributed by atoms with Crippen molar-refractivity contribution in [1.29, 1.82) is 10.7 Å². The maximum Gasteiger partial charge on any atom is 0.435 e. The molecule has 2 aromatic heterocycles. The minimum Gasteiger partial charge on any atom is -0.325 e. The van der Waals surface area contributed by atoms with Gasteiger partial charge >= 0.3 is 6.18 Å². The van der Waals surface area contributed by atoms with E-state index in [0.29, 0.717) is 18.4 Å². The van der Waals surface area contributed by atoms with E-state index >= 15 is 0 Å². The molecule has 1 atom stereocenters. The standard InChI is InChI=1S/C32H30F3N7/c33-32(34,35)29-16-28(42(40-29)27-8-1-4-23(14-27)17-36)31(37)41(20-22-11-12-22)26-7-2-5-24(15-26)30(39-18-21-9-10-21)25-6-3-13-38-19-25/h1-8,13-16,19,21-22,30,37,39H,9-12,18,20H2. The molecule has 2 heterocycles. The molecule has 2 aromatic carbocycles. The van der Waals surface area contributed by atoms with E-state index in [1.165, 1.54) is 18.9 Å². The SMILES string of the molecule is N#Cc1cccc(-n2nc(C(F)(F)F)cc2C(=N)N(CC2CC2)c2cccc(C(NCC3CC3)c3cccnc3)c2)c1. The summed E-state index contributed by atoms with van der Waals surface area (Å²) in [6.45, 7) is 1.38. The summed E-state index contributed by atoms with van der Waals surface area (Å²) in [6, 6.07) is 20.8. The molecule has 4 aromatic rings. The van der Waals surface area contributed by atoms with E-state index < -0.39 is 11.9 Å². The average molecular weight is 570 g/mol. The Morgan fingerprint density at radius 1 is 1.02 bits per heavy atom. The molecule has 2 N–H and O–H groups in total. The Morgan fingerprint density at radius 2 is 1.79 bits per heavy atom. The van der Waals surface area contributed by atoms with Gasteiger partial charge in [-0.2, -0.15) is 23.5 Å². The van der Waals surface area contributed by atoms with E-state index in [0.717, 1.165) is 46.9 Å². The summed E-state index contributed by atoms with van der Waals surface area (Å²) in [6.07, 6.45) is 3.31. The van der Waals surface area contributed by atoms with Crippen LogP contribution in [0.4, 0.5) is 18.9 Å². The fraction of sp³-hybridized carbons (Fsp3) is 0.312. The lowest BCUT2D eigenvalue weighted by molar-refractivity contribution is -0.141. The van der Waals surface area contributed by atoms with Crippen molar-refractivity contribution < 1.29 is 13.2 Å². The fourth-order valence-corrected chi connectivity index (χ4v) is 5.07. The molecule has 0 bridgehead atoms. The lowest BCUT2D eigenvalue weighted by Crippen LogP contribution is -2.34. The van der Waals surface area contributed by atoms with Gasteiger partial charge in [0.05, 0.1) is 23.4 Å². The van der Waals surface area contributed by atoms with Crippen molar-refractivity contribution in [2.45, 2.75) is 37.9 Å². The van der Waals surface area contributed by atoms with E-state index in [9.17, 15) is 23.8 Å². The maximum atomic E-state index is 13.9. The van der Waals surface area contributed by atoms with Crippen LogP contribution in [0.1, 0.15) is 59.8 Å². The van der Waals surface area contributed by atoms with Crippen LogP contribution in [-0.2, 0) is 6.18 Å². The number of hydrogen-bond acceptors (Lipinski definition) is 5. The summed E-state index contributed by atoms with van der Waals surface area (Å²) in [5.41, 5.74) is 2.20. The Bertz CT molecular complexity index is 1620. The molecule has 0 saturated heterocycles. The number of amidine groups is 1. The van der Waals surface area contributed by atoms with Gasteiger partial charge in [0.1, 0.15) is 5.69 Å². The van der Waals surface area contributed by atoms with Gasteiger partial charge in [-0.15, -0.1) is 0 Å². The highest BCUT2D eigenvalue weighted by molar-refractivity contribution is 6.07. The lowest BCUT2D eigenvalue weighted by Gasteiger charge is -2.27. The fourth-order valence-electron chi connectivity index (χ4n) is 5.07. The van der Waals surface area contributed by atoms with Gasteiger partial charge in [-0.05, 0) is 91.6 Å². The maximum absolute atomic E-state index is 13.9. The van der Waals surface area contributed by atoms with Crippen molar-refractivity contribution in [3.8, 4) is 11.8 Å². The second kappa shape index (κ2) is 11.4. The monoisotopic (exact) mass is 569 g/mol. The smallest absolute Gasteiger partial charge is 0.325 e. The molecule has 2 aliphatic rings. The number of nitrogens with one attached hydrogen (secondary N) is 2. The van der Waals surface area contributed by atoms with Crippen LogP contribution in [0.5, 0.6) is 0 Å². The molecule has 42 heavy (non-hydrogen) atoms. The van der Waals surface area contributed by atoms with E-state index in [2.05, 4.69) is 15.4 Å². The molecule has 7 nitrogen and oxygen atoms in total. The van der Waals surface area contributed by atoms with Crippen LogP contribution in [0, 0.1) is 28.6 Å². The minimum atomic E-state index is -4.70. The molecule has 0 aliphatic heterocycles. The van der Waals surface area contributed by atoms with Gasteiger partial charge in [0.25, 0.3) is 0 Å². The molecule has 0 amide bonds. The molecule has 0 radical (unpaired) electrons. The van der Waals surface area contributed by atoms with Crippen LogP contribution in [0.15, 0.2) is 79.1 Å². The Morgan fingerprint density at radius 3 is 2.48 bits per heavy atom. The first-order valence-corrected chi connectivity index (χ1v) is 14.1. The molecule has 10 heteroatoms. The third kappa shape index (κ3) is 6.21. The molecule has 0 spiro atoms. The van der Waals surface area contributed by atoms with E-state index in [-0.39, 0.29) is 28.8 Å². The number of alkyl halides is 3. The Kier molecular flexibility index (Phi) is 7.52. The molecule has 214 valence electrons. The number of halogens is 3. The Hall–Kier alpha value is -4.49. The van der Waals surface area contributed by atoms with E-state index in [1.54, 1.807) is 29.3 Å². The van der Waals surface area contributed by atoms with Crippen LogP contribution in [0.3, 0.4) is 0 Å². The number of hydrogen-bond donors (Lipinski definition) is 2. The zero-order chi connectivity index (χ0) is 29.3. The molecular formula is C32H30F3N7. The van der Waals surface area contributed by atoms with Crippen LogP contribution >= 0.6 is 0 Å². The summed E-state index contributed by atoms with van der Waals surface area (Å²) in [4.78, 5) is 6.10.